The highest BCUT2D eigenvalue weighted by atomic mass is 32.2. The third-order valence-corrected chi connectivity index (χ3v) is 6.20. The van der Waals surface area contributed by atoms with Gasteiger partial charge in [-0.2, -0.15) is 11.8 Å². The average molecular weight is 473 g/mol. The Morgan fingerprint density at radius 1 is 1.12 bits per heavy atom. The van der Waals surface area contributed by atoms with Crippen LogP contribution in [0.4, 0.5) is 10.1 Å². The maximum atomic E-state index is 13.1. The van der Waals surface area contributed by atoms with E-state index in [1.807, 2.05) is 36.6 Å². The second-order valence-corrected chi connectivity index (χ2v) is 8.95. The number of β-lactam (4-membered cyclic amide) rings is 1. The molecule has 3 rings (SSSR count). The maximum Gasteiger partial charge on any atom is 0.251 e. The number of halogens is 1. The Morgan fingerprint density at radius 2 is 1.82 bits per heavy atom. The van der Waals surface area contributed by atoms with E-state index in [0.29, 0.717) is 24.9 Å². The predicted octanol–water partition coefficient (Wildman–Crippen LogP) is 1.86. The highest BCUT2D eigenvalue weighted by Crippen LogP contribution is 2.22. The first-order valence-corrected chi connectivity index (χ1v) is 12.2. The Morgan fingerprint density at radius 3 is 2.45 bits per heavy atom. The van der Waals surface area contributed by atoms with Crippen molar-refractivity contribution in [2.45, 2.75) is 37.4 Å². The van der Waals surface area contributed by atoms with Crippen LogP contribution in [0.25, 0.3) is 0 Å². The van der Waals surface area contributed by atoms with Gasteiger partial charge >= 0.3 is 0 Å². The van der Waals surface area contributed by atoms with Gasteiger partial charge in [-0.1, -0.05) is 30.3 Å². The molecule has 2 aromatic carbocycles. The minimum atomic E-state index is -0.814. The summed E-state index contributed by atoms with van der Waals surface area (Å²) in [5.74, 6) is -0.728. The molecule has 0 spiro atoms. The van der Waals surface area contributed by atoms with Gasteiger partial charge in [0, 0.05) is 5.69 Å². The highest BCUT2D eigenvalue weighted by Gasteiger charge is 2.39. The number of benzene rings is 2. The topological polar surface area (TPSA) is 105 Å². The van der Waals surface area contributed by atoms with E-state index in [9.17, 15) is 18.8 Å². The van der Waals surface area contributed by atoms with E-state index >= 15 is 0 Å². The van der Waals surface area contributed by atoms with Crippen molar-refractivity contribution in [3.8, 4) is 0 Å². The van der Waals surface area contributed by atoms with Crippen LogP contribution in [0.5, 0.6) is 0 Å². The Labute approximate surface area is 197 Å². The van der Waals surface area contributed by atoms with Crippen LogP contribution >= 0.6 is 11.8 Å². The third-order valence-electron chi connectivity index (χ3n) is 5.55. The fourth-order valence-corrected chi connectivity index (χ4v) is 4.03. The van der Waals surface area contributed by atoms with Crippen LogP contribution in [0.15, 0.2) is 54.6 Å². The Hall–Kier alpha value is -2.91. The van der Waals surface area contributed by atoms with Crippen LogP contribution in [0.3, 0.4) is 0 Å². The zero-order valence-corrected chi connectivity index (χ0v) is 19.3. The van der Waals surface area contributed by atoms with Gasteiger partial charge in [0.2, 0.25) is 11.8 Å². The number of nitrogens with zero attached hydrogens (tertiary/aromatic N) is 1. The summed E-state index contributed by atoms with van der Waals surface area (Å²) in [6.07, 6.45) is 3.40. The van der Waals surface area contributed by atoms with E-state index in [4.69, 9.17) is 5.73 Å². The first-order chi connectivity index (χ1) is 15.9. The number of nitrogens with one attached hydrogen (secondary N) is 2. The fourth-order valence-electron chi connectivity index (χ4n) is 3.54. The van der Waals surface area contributed by atoms with E-state index in [-0.39, 0.29) is 24.2 Å². The predicted molar refractivity (Wildman–Crippen MR) is 128 cm³/mol. The second kappa shape index (κ2) is 11.8. The van der Waals surface area contributed by atoms with Crippen molar-refractivity contribution in [1.29, 1.82) is 0 Å². The minimum Gasteiger partial charge on any atom is -0.343 e. The summed E-state index contributed by atoms with van der Waals surface area (Å²) in [5.41, 5.74) is 7.58. The number of carbonyl (C=O) groups is 3. The molecule has 9 heteroatoms. The van der Waals surface area contributed by atoms with Crippen LogP contribution in [0.1, 0.15) is 18.4 Å². The molecule has 4 N–H and O–H groups in total. The highest BCUT2D eigenvalue weighted by molar-refractivity contribution is 7.98. The SMILES string of the molecule is CSCCC(N)C(=O)NC(CCc1ccccc1)C(=O)NC1CN(c2ccc(F)cc2)C1=O. The fraction of sp³-hybridized carbons (Fsp3) is 0.375. The van der Waals surface area contributed by atoms with Crippen LogP contribution in [0, 0.1) is 5.82 Å². The zero-order valence-electron chi connectivity index (χ0n) is 18.5. The first-order valence-electron chi connectivity index (χ1n) is 10.8. The molecule has 33 heavy (non-hydrogen) atoms. The lowest BCUT2D eigenvalue weighted by Gasteiger charge is -2.39. The summed E-state index contributed by atoms with van der Waals surface area (Å²) >= 11 is 1.60. The van der Waals surface area contributed by atoms with Crippen LogP contribution in [-0.4, -0.2) is 54.4 Å². The molecule has 0 radical (unpaired) electrons. The summed E-state index contributed by atoms with van der Waals surface area (Å²) in [5, 5.41) is 5.50. The van der Waals surface area contributed by atoms with Gasteiger partial charge in [-0.25, -0.2) is 4.39 Å². The van der Waals surface area contributed by atoms with Crippen molar-refractivity contribution in [2.24, 2.45) is 5.73 Å². The van der Waals surface area contributed by atoms with Crippen LogP contribution < -0.4 is 21.3 Å². The molecule has 0 bridgehead atoms. The Kier molecular flexibility index (Phi) is 8.85. The number of carbonyl (C=O) groups excluding carboxylic acids is 3. The van der Waals surface area contributed by atoms with Gasteiger partial charge in [-0.15, -0.1) is 0 Å². The molecule has 0 aromatic heterocycles. The molecule has 3 unspecified atom stereocenters. The molecule has 3 amide bonds. The van der Waals surface area contributed by atoms with Gasteiger partial charge in [0.15, 0.2) is 0 Å². The molecular weight excluding hydrogens is 443 g/mol. The monoisotopic (exact) mass is 472 g/mol. The number of rotatable bonds is 11. The van der Waals surface area contributed by atoms with Crippen molar-refractivity contribution in [2.75, 3.05) is 23.5 Å². The van der Waals surface area contributed by atoms with Crippen molar-refractivity contribution in [1.82, 2.24) is 10.6 Å². The van der Waals surface area contributed by atoms with Gasteiger partial charge in [0.05, 0.1) is 12.6 Å². The van der Waals surface area contributed by atoms with Gasteiger partial charge in [0.25, 0.3) is 5.91 Å². The second-order valence-electron chi connectivity index (χ2n) is 7.96. The van der Waals surface area contributed by atoms with Gasteiger partial charge in [-0.3, -0.25) is 14.4 Å². The molecule has 0 saturated carbocycles. The molecule has 1 aliphatic heterocycles. The van der Waals surface area contributed by atoms with Gasteiger partial charge < -0.3 is 21.3 Å². The van der Waals surface area contributed by atoms with E-state index in [1.54, 1.807) is 11.8 Å². The summed E-state index contributed by atoms with van der Waals surface area (Å²) in [6, 6.07) is 13.0. The number of hydrogen-bond donors (Lipinski definition) is 3. The lowest BCUT2D eigenvalue weighted by Crippen LogP contribution is -2.66. The quantitative estimate of drug-likeness (QED) is 0.433. The van der Waals surface area contributed by atoms with E-state index in [2.05, 4.69) is 10.6 Å². The summed E-state index contributed by atoms with van der Waals surface area (Å²) < 4.78 is 13.1. The van der Waals surface area contributed by atoms with E-state index in [0.717, 1.165) is 11.3 Å². The third kappa shape index (κ3) is 6.79. The van der Waals surface area contributed by atoms with Crippen molar-refractivity contribution >= 4 is 35.2 Å². The minimum absolute atomic E-state index is 0.278. The van der Waals surface area contributed by atoms with Crippen molar-refractivity contribution in [3.63, 3.8) is 0 Å². The number of amides is 3. The molecule has 1 fully saturated rings. The number of anilines is 1. The molecule has 1 heterocycles. The average Bonchev–Trinajstić information content (AvgIpc) is 2.83. The number of aryl methyl sites for hydroxylation is 1. The van der Waals surface area contributed by atoms with Crippen molar-refractivity contribution < 1.29 is 18.8 Å². The standard InChI is InChI=1S/C24H29FN4O3S/c1-33-14-13-19(26)22(30)27-20(12-7-16-5-3-2-4-6-16)23(31)28-21-15-29(24(21)32)18-10-8-17(25)9-11-18/h2-6,8-11,19-21H,7,12-15,26H2,1H3,(H,27,30)(H,28,31). The van der Waals surface area contributed by atoms with Crippen LogP contribution in [0.2, 0.25) is 0 Å². The van der Waals surface area contributed by atoms with Gasteiger partial charge in [-0.05, 0) is 61.1 Å². The lowest BCUT2D eigenvalue weighted by atomic mass is 10.0. The molecule has 1 aliphatic rings. The summed E-state index contributed by atoms with van der Waals surface area (Å²) in [7, 11) is 0. The normalized spacial score (nSPS) is 17.1. The molecule has 7 nitrogen and oxygen atoms in total. The Balaban J connectivity index is 1.61. The first kappa shape index (κ1) is 24.7. The van der Waals surface area contributed by atoms with E-state index in [1.165, 1.54) is 29.2 Å². The largest absolute Gasteiger partial charge is 0.343 e. The van der Waals surface area contributed by atoms with Gasteiger partial charge in [0.1, 0.15) is 17.9 Å². The van der Waals surface area contributed by atoms with E-state index < -0.39 is 24.0 Å². The molecule has 3 atom stereocenters. The summed E-state index contributed by atoms with van der Waals surface area (Å²) in [6.45, 7) is 0.281. The summed E-state index contributed by atoms with van der Waals surface area (Å²) in [4.78, 5) is 39.5. The Bertz CT molecular complexity index is 958. The smallest absolute Gasteiger partial charge is 0.251 e. The molecule has 1 saturated heterocycles. The van der Waals surface area contributed by atoms with Crippen molar-refractivity contribution in [3.05, 3.63) is 66.0 Å². The lowest BCUT2D eigenvalue weighted by molar-refractivity contribution is -0.133. The number of hydrogen-bond acceptors (Lipinski definition) is 5. The maximum absolute atomic E-state index is 13.1. The number of thioether (sulfide) groups is 1. The molecule has 0 aliphatic carbocycles. The molecule has 2 aromatic rings. The van der Waals surface area contributed by atoms with Crippen LogP contribution in [-0.2, 0) is 20.8 Å². The molecule has 176 valence electrons. The molecular formula is C24H29FN4O3S. The number of nitrogens with two attached hydrogens (primary N) is 1. The zero-order chi connectivity index (χ0) is 23.8.